The van der Waals surface area contributed by atoms with Gasteiger partial charge in [0, 0.05) is 38.6 Å². The largest absolute Gasteiger partial charge is 0.501 e. The fourth-order valence-electron chi connectivity index (χ4n) is 4.07. The van der Waals surface area contributed by atoms with Gasteiger partial charge < -0.3 is 19.5 Å². The highest BCUT2D eigenvalue weighted by molar-refractivity contribution is 6.39. The van der Waals surface area contributed by atoms with E-state index in [1.54, 1.807) is 14.4 Å². The molecule has 1 fully saturated rings. The van der Waals surface area contributed by atoms with Crippen LogP contribution in [0.2, 0.25) is 10.0 Å². The molecule has 2 aromatic heterocycles. The van der Waals surface area contributed by atoms with Crippen LogP contribution in [0.25, 0.3) is 0 Å². The number of fused-ring (bicyclic) bond motifs is 1. The van der Waals surface area contributed by atoms with Crippen molar-refractivity contribution in [1.29, 1.82) is 0 Å². The van der Waals surface area contributed by atoms with E-state index < -0.39 is 29.2 Å². The molecule has 0 spiro atoms. The summed E-state index contributed by atoms with van der Waals surface area (Å²) in [7, 11) is 0. The molecule has 0 radical (unpaired) electrons. The van der Waals surface area contributed by atoms with Crippen molar-refractivity contribution in [2.45, 2.75) is 32.4 Å². The monoisotopic (exact) mass is 451 g/mol. The highest BCUT2D eigenvalue weighted by Crippen LogP contribution is 2.36. The maximum atomic E-state index is 13.2. The number of nitrogens with zero attached hydrogens (tertiary/aromatic N) is 5. The van der Waals surface area contributed by atoms with Crippen LogP contribution in [0, 0.1) is 0 Å². The van der Waals surface area contributed by atoms with Gasteiger partial charge in [-0.3, -0.25) is 19.4 Å². The van der Waals surface area contributed by atoms with Gasteiger partial charge in [-0.15, -0.1) is 0 Å². The SMILES string of the molecule is CCN1CCn2c(C3CCCN3C(=O)c3c(Cl)cncc3Cl)nc(=O)c(O)c2C1=O. The van der Waals surface area contributed by atoms with Gasteiger partial charge in [-0.05, 0) is 19.8 Å². The Bertz CT molecular complexity index is 1080. The first kappa shape index (κ1) is 20.6. The number of rotatable bonds is 3. The lowest BCUT2D eigenvalue weighted by Gasteiger charge is -2.33. The Balaban J connectivity index is 1.80. The highest BCUT2D eigenvalue weighted by Gasteiger charge is 2.38. The van der Waals surface area contributed by atoms with Crippen LogP contribution in [0.15, 0.2) is 17.2 Å². The number of likely N-dealkylation sites (tertiary alicyclic amines) is 1. The van der Waals surface area contributed by atoms with Gasteiger partial charge in [-0.1, -0.05) is 23.2 Å². The zero-order chi connectivity index (χ0) is 21.6. The maximum Gasteiger partial charge on any atom is 0.315 e. The number of aromatic nitrogens is 3. The van der Waals surface area contributed by atoms with Crippen molar-refractivity contribution in [1.82, 2.24) is 24.3 Å². The molecule has 0 bridgehead atoms. The van der Waals surface area contributed by atoms with Crippen LogP contribution in [0.3, 0.4) is 0 Å². The molecule has 30 heavy (non-hydrogen) atoms. The summed E-state index contributed by atoms with van der Waals surface area (Å²) in [4.78, 5) is 49.4. The summed E-state index contributed by atoms with van der Waals surface area (Å²) in [5.41, 5.74) is -0.840. The molecule has 2 amide bonds. The molecule has 1 N–H and O–H groups in total. The summed E-state index contributed by atoms with van der Waals surface area (Å²) >= 11 is 12.3. The molecule has 4 rings (SSSR count). The minimum Gasteiger partial charge on any atom is -0.501 e. The zero-order valence-corrected chi connectivity index (χ0v) is 17.7. The third-order valence-corrected chi connectivity index (χ3v) is 6.11. The third kappa shape index (κ3) is 3.22. The Morgan fingerprint density at radius 1 is 1.20 bits per heavy atom. The predicted molar refractivity (Wildman–Crippen MR) is 109 cm³/mol. The van der Waals surface area contributed by atoms with Crippen LogP contribution < -0.4 is 5.56 Å². The molecule has 0 saturated carbocycles. The molecule has 0 aliphatic carbocycles. The summed E-state index contributed by atoms with van der Waals surface area (Å²) in [5, 5.41) is 10.5. The van der Waals surface area contributed by atoms with E-state index in [2.05, 4.69) is 9.97 Å². The van der Waals surface area contributed by atoms with E-state index in [9.17, 15) is 19.5 Å². The molecule has 1 unspecified atom stereocenters. The molecular weight excluding hydrogens is 433 g/mol. The first-order valence-corrected chi connectivity index (χ1v) is 10.3. The molecule has 0 aromatic carbocycles. The van der Waals surface area contributed by atoms with Crippen LogP contribution in [0.4, 0.5) is 0 Å². The number of halogens is 2. The van der Waals surface area contributed by atoms with Crippen LogP contribution in [0.5, 0.6) is 5.75 Å². The highest BCUT2D eigenvalue weighted by atomic mass is 35.5. The average Bonchev–Trinajstić information content (AvgIpc) is 3.20. The number of likely N-dealkylation sites (N-methyl/N-ethyl adjacent to an activating group) is 1. The van der Waals surface area contributed by atoms with Gasteiger partial charge in [0.15, 0.2) is 5.69 Å². The first-order chi connectivity index (χ1) is 14.3. The molecule has 2 aromatic rings. The van der Waals surface area contributed by atoms with Crippen LogP contribution in [-0.2, 0) is 6.54 Å². The summed E-state index contributed by atoms with van der Waals surface area (Å²) in [6, 6.07) is -0.550. The molecule has 2 aliphatic rings. The normalized spacial score (nSPS) is 18.6. The summed E-state index contributed by atoms with van der Waals surface area (Å²) in [6.07, 6.45) is 3.91. The van der Waals surface area contributed by atoms with Gasteiger partial charge in [-0.25, -0.2) is 0 Å². The number of hydrogen-bond acceptors (Lipinski definition) is 6. The Kier molecular flexibility index (Phi) is 5.42. The van der Waals surface area contributed by atoms with E-state index in [1.165, 1.54) is 12.4 Å². The van der Waals surface area contributed by atoms with Crippen LogP contribution in [-0.4, -0.2) is 60.9 Å². The lowest BCUT2D eigenvalue weighted by Crippen LogP contribution is -2.44. The van der Waals surface area contributed by atoms with E-state index >= 15 is 0 Å². The lowest BCUT2D eigenvalue weighted by molar-refractivity contribution is 0.0688. The van der Waals surface area contributed by atoms with Gasteiger partial charge in [0.05, 0.1) is 21.7 Å². The molecule has 9 nitrogen and oxygen atoms in total. The molecule has 1 atom stereocenters. The second-order valence-electron chi connectivity index (χ2n) is 7.14. The molecule has 1 saturated heterocycles. The molecule has 11 heteroatoms. The van der Waals surface area contributed by atoms with Gasteiger partial charge in [0.1, 0.15) is 5.82 Å². The summed E-state index contributed by atoms with van der Waals surface area (Å²) in [6.45, 7) is 3.48. The number of aromatic hydroxyl groups is 1. The first-order valence-electron chi connectivity index (χ1n) is 9.58. The van der Waals surface area contributed by atoms with E-state index in [1.807, 2.05) is 6.92 Å². The van der Waals surface area contributed by atoms with Gasteiger partial charge in [0.25, 0.3) is 11.8 Å². The van der Waals surface area contributed by atoms with Gasteiger partial charge in [-0.2, -0.15) is 4.98 Å². The zero-order valence-electron chi connectivity index (χ0n) is 16.1. The summed E-state index contributed by atoms with van der Waals surface area (Å²) in [5.74, 6) is -1.22. The fraction of sp³-hybridized carbons (Fsp3) is 0.421. The van der Waals surface area contributed by atoms with Crippen LogP contribution >= 0.6 is 23.2 Å². The number of hydrogen-bond donors (Lipinski definition) is 1. The quantitative estimate of drug-likeness (QED) is 0.764. The van der Waals surface area contributed by atoms with Crippen LogP contribution in [0.1, 0.15) is 52.5 Å². The van der Waals surface area contributed by atoms with Crippen molar-refractivity contribution >= 4 is 35.0 Å². The molecular formula is C19H19Cl2N5O4. The maximum absolute atomic E-state index is 13.2. The van der Waals surface area contributed by atoms with E-state index in [-0.39, 0.29) is 27.1 Å². The van der Waals surface area contributed by atoms with Crippen molar-refractivity contribution in [2.24, 2.45) is 0 Å². The van der Waals surface area contributed by atoms with E-state index in [4.69, 9.17) is 23.2 Å². The van der Waals surface area contributed by atoms with Crippen molar-refractivity contribution in [3.05, 3.63) is 49.9 Å². The second-order valence-corrected chi connectivity index (χ2v) is 7.96. The minimum absolute atomic E-state index is 0.0858. The van der Waals surface area contributed by atoms with Crippen molar-refractivity contribution in [3.63, 3.8) is 0 Å². The third-order valence-electron chi connectivity index (χ3n) is 5.53. The lowest BCUT2D eigenvalue weighted by atomic mass is 10.1. The smallest absolute Gasteiger partial charge is 0.315 e. The fourth-order valence-corrected chi connectivity index (χ4v) is 4.60. The minimum atomic E-state index is -0.887. The standard InChI is InChI=1S/C19H19Cl2N5O4/c1-2-24-6-7-26-14(19(24)30)15(27)17(28)23-16(26)12-4-3-5-25(12)18(29)13-10(20)8-22-9-11(13)21/h8-9,12,27H,2-7H2,1H3. The molecule has 4 heterocycles. The predicted octanol–water partition coefficient (Wildman–Crippen LogP) is 2.10. The van der Waals surface area contributed by atoms with Crippen molar-refractivity contribution in [3.8, 4) is 5.75 Å². The topological polar surface area (TPSA) is 109 Å². The molecule has 158 valence electrons. The van der Waals surface area contributed by atoms with Crippen molar-refractivity contribution in [2.75, 3.05) is 19.6 Å². The van der Waals surface area contributed by atoms with Gasteiger partial charge in [0.2, 0.25) is 5.75 Å². The second kappa shape index (κ2) is 7.88. The average molecular weight is 452 g/mol. The van der Waals surface area contributed by atoms with E-state index in [0.29, 0.717) is 39.0 Å². The summed E-state index contributed by atoms with van der Waals surface area (Å²) < 4.78 is 1.55. The molecule has 2 aliphatic heterocycles. The number of amides is 2. The Morgan fingerprint density at radius 2 is 1.90 bits per heavy atom. The van der Waals surface area contributed by atoms with Gasteiger partial charge >= 0.3 is 5.56 Å². The Labute approximate surface area is 181 Å². The Hall–Kier alpha value is -2.65. The number of carbonyl (C=O) groups excluding carboxylic acids is 2. The van der Waals surface area contributed by atoms with E-state index in [0.717, 1.165) is 0 Å². The number of carbonyl (C=O) groups is 2. The van der Waals surface area contributed by atoms with Crippen molar-refractivity contribution < 1.29 is 14.7 Å². The Morgan fingerprint density at radius 3 is 2.57 bits per heavy atom. The number of pyridine rings is 1.